The topological polar surface area (TPSA) is 92.0 Å². The van der Waals surface area contributed by atoms with Crippen molar-refractivity contribution >= 4 is 24.0 Å². The lowest BCUT2D eigenvalue weighted by Crippen LogP contribution is -2.03. The lowest BCUT2D eigenvalue weighted by atomic mass is 10.4. The fourth-order valence-electron chi connectivity index (χ4n) is 0.592. The van der Waals surface area contributed by atoms with Gasteiger partial charge in [0.25, 0.3) is 0 Å². The predicted molar refractivity (Wildman–Crippen MR) is 40.8 cm³/mol. The van der Waals surface area contributed by atoms with Crippen molar-refractivity contribution in [2.24, 2.45) is 0 Å². The maximum atomic E-state index is 10.3. The van der Waals surface area contributed by atoms with Gasteiger partial charge in [0.05, 0.1) is 0 Å². The number of hydrogen-bond donors (Lipinski definition) is 3. The molecule has 0 saturated carbocycles. The van der Waals surface area contributed by atoms with Crippen LogP contribution in [0.4, 0.5) is 5.82 Å². The Morgan fingerprint density at radius 2 is 2.45 bits per heavy atom. The number of rotatable bonds is 1. The molecule has 0 atom stereocenters. The quantitative estimate of drug-likeness (QED) is 0.532. The Bertz CT molecular complexity index is 346. The van der Waals surface area contributed by atoms with Gasteiger partial charge in [0.15, 0.2) is 4.77 Å². The molecule has 0 radical (unpaired) electrons. The van der Waals surface area contributed by atoms with Gasteiger partial charge in [0.2, 0.25) is 0 Å². The molecule has 0 aliphatic rings. The van der Waals surface area contributed by atoms with Crippen molar-refractivity contribution in [3.8, 4) is 0 Å². The predicted octanol–water partition coefficient (Wildman–Crippen LogP) is 0.420. The summed E-state index contributed by atoms with van der Waals surface area (Å²) >= 11 is 4.60. The van der Waals surface area contributed by atoms with E-state index in [0.717, 1.165) is 0 Å². The Morgan fingerprint density at radius 3 is 2.91 bits per heavy atom. The van der Waals surface area contributed by atoms with Gasteiger partial charge < -0.3 is 15.8 Å². The van der Waals surface area contributed by atoms with E-state index in [-0.39, 0.29) is 16.3 Å². The molecule has 1 rings (SSSR count). The van der Waals surface area contributed by atoms with Gasteiger partial charge in [-0.2, -0.15) is 0 Å². The molecule has 0 unspecified atom stereocenters. The fourth-order valence-corrected chi connectivity index (χ4v) is 0.807. The number of hydrogen-bond acceptors (Lipinski definition) is 4. The van der Waals surface area contributed by atoms with E-state index < -0.39 is 5.97 Å². The molecule has 5 nitrogen and oxygen atoms in total. The molecule has 0 amide bonds. The number of nitrogen functional groups attached to an aromatic ring is 1. The molecule has 0 saturated heterocycles. The number of H-pyrrole nitrogens is 1. The minimum atomic E-state index is -1.11. The van der Waals surface area contributed by atoms with E-state index in [2.05, 4.69) is 22.2 Å². The lowest BCUT2D eigenvalue weighted by Gasteiger charge is -1.94. The summed E-state index contributed by atoms with van der Waals surface area (Å²) < 4.78 is 0.0717. The van der Waals surface area contributed by atoms with Crippen LogP contribution >= 0.6 is 12.2 Å². The summed E-state index contributed by atoms with van der Waals surface area (Å²) in [5, 5.41) is 8.47. The van der Waals surface area contributed by atoms with Gasteiger partial charge in [-0.25, -0.2) is 9.78 Å². The van der Waals surface area contributed by atoms with E-state index in [4.69, 9.17) is 10.8 Å². The second kappa shape index (κ2) is 2.67. The second-order valence-electron chi connectivity index (χ2n) is 1.83. The zero-order chi connectivity index (χ0) is 8.43. The fraction of sp³-hybridized carbons (Fsp3) is 0. The lowest BCUT2D eigenvalue weighted by molar-refractivity contribution is 0.0690. The number of nitrogens with zero attached hydrogens (tertiary/aromatic N) is 1. The molecule has 4 N–H and O–H groups in total. The van der Waals surface area contributed by atoms with Crippen LogP contribution in [0.25, 0.3) is 0 Å². The molecule has 0 spiro atoms. The number of carbonyl (C=O) groups is 1. The SMILES string of the molecule is Nc1cc(C(=O)O)[nH]c(=S)n1. The van der Waals surface area contributed by atoms with Crippen LogP contribution in [0.1, 0.15) is 10.5 Å². The minimum absolute atomic E-state index is 0.0532. The Kier molecular flexibility index (Phi) is 1.86. The zero-order valence-electron chi connectivity index (χ0n) is 5.37. The van der Waals surface area contributed by atoms with Crippen LogP contribution in [-0.4, -0.2) is 21.0 Å². The molecule has 0 bridgehead atoms. The van der Waals surface area contributed by atoms with Gasteiger partial charge in [-0.05, 0) is 12.2 Å². The van der Waals surface area contributed by atoms with E-state index >= 15 is 0 Å². The molecule has 1 aromatic heterocycles. The van der Waals surface area contributed by atoms with Crippen LogP contribution in [0, 0.1) is 4.77 Å². The second-order valence-corrected chi connectivity index (χ2v) is 2.22. The largest absolute Gasteiger partial charge is 0.477 e. The van der Waals surface area contributed by atoms with Crippen molar-refractivity contribution in [1.82, 2.24) is 9.97 Å². The molecule has 11 heavy (non-hydrogen) atoms. The highest BCUT2D eigenvalue weighted by molar-refractivity contribution is 7.71. The third-order valence-corrected chi connectivity index (χ3v) is 1.19. The monoisotopic (exact) mass is 171 g/mol. The number of aromatic amines is 1. The standard InChI is InChI=1S/C5H5N3O2S/c6-3-1-2(4(9)10)7-5(11)8-3/h1H,(H,9,10)(H3,6,7,8,11). The van der Waals surface area contributed by atoms with Crippen molar-refractivity contribution in [3.63, 3.8) is 0 Å². The molecule has 1 aromatic rings. The Morgan fingerprint density at radius 1 is 1.82 bits per heavy atom. The van der Waals surface area contributed by atoms with Gasteiger partial charge in [0.1, 0.15) is 11.5 Å². The number of aromatic nitrogens is 2. The normalized spacial score (nSPS) is 9.45. The average molecular weight is 171 g/mol. The van der Waals surface area contributed by atoms with Crippen molar-refractivity contribution in [2.75, 3.05) is 5.73 Å². The van der Waals surface area contributed by atoms with E-state index in [9.17, 15) is 4.79 Å². The minimum Gasteiger partial charge on any atom is -0.477 e. The molecule has 0 fully saturated rings. The molecule has 6 heteroatoms. The van der Waals surface area contributed by atoms with Gasteiger partial charge >= 0.3 is 5.97 Å². The van der Waals surface area contributed by atoms with Gasteiger partial charge in [-0.1, -0.05) is 0 Å². The summed E-state index contributed by atoms with van der Waals surface area (Å²) in [6, 6.07) is 1.21. The van der Waals surface area contributed by atoms with Crippen LogP contribution in [0.2, 0.25) is 0 Å². The highest BCUT2D eigenvalue weighted by Gasteiger charge is 2.02. The molecule has 58 valence electrons. The number of anilines is 1. The van der Waals surface area contributed by atoms with Crippen LogP contribution in [0.15, 0.2) is 6.07 Å². The molecule has 0 aromatic carbocycles. The van der Waals surface area contributed by atoms with E-state index in [1.54, 1.807) is 0 Å². The average Bonchev–Trinajstić information content (AvgIpc) is 1.85. The van der Waals surface area contributed by atoms with Crippen molar-refractivity contribution in [1.29, 1.82) is 0 Å². The molecule has 1 heterocycles. The summed E-state index contributed by atoms with van der Waals surface area (Å²) in [5.41, 5.74) is 5.18. The number of carboxylic acids is 1. The summed E-state index contributed by atoms with van der Waals surface area (Å²) in [4.78, 5) is 16.3. The number of carboxylic acid groups (broad SMARTS) is 1. The van der Waals surface area contributed by atoms with Gasteiger partial charge in [-0.15, -0.1) is 0 Å². The van der Waals surface area contributed by atoms with Crippen LogP contribution in [-0.2, 0) is 0 Å². The summed E-state index contributed by atoms with van der Waals surface area (Å²) in [6.45, 7) is 0. The van der Waals surface area contributed by atoms with Crippen LogP contribution < -0.4 is 5.73 Å². The Balaban J connectivity index is 3.30. The van der Waals surface area contributed by atoms with E-state index in [0.29, 0.717) is 0 Å². The van der Waals surface area contributed by atoms with Gasteiger partial charge in [0, 0.05) is 6.07 Å². The summed E-state index contributed by atoms with van der Waals surface area (Å²) in [7, 11) is 0. The molecular formula is C5H5N3O2S. The molecule has 0 aliphatic heterocycles. The Hall–Kier alpha value is -1.43. The summed E-state index contributed by atoms with van der Waals surface area (Å²) in [5.74, 6) is -1.00. The van der Waals surface area contributed by atoms with E-state index in [1.165, 1.54) is 6.07 Å². The first kappa shape index (κ1) is 7.67. The Labute approximate surface area is 66.9 Å². The van der Waals surface area contributed by atoms with E-state index in [1.807, 2.05) is 0 Å². The first-order valence-corrected chi connectivity index (χ1v) is 3.10. The maximum Gasteiger partial charge on any atom is 0.352 e. The number of aromatic carboxylic acids is 1. The highest BCUT2D eigenvalue weighted by Crippen LogP contribution is 1.99. The summed E-state index contributed by atoms with van der Waals surface area (Å²) in [6.07, 6.45) is 0. The first-order valence-electron chi connectivity index (χ1n) is 2.70. The highest BCUT2D eigenvalue weighted by atomic mass is 32.1. The zero-order valence-corrected chi connectivity index (χ0v) is 6.18. The van der Waals surface area contributed by atoms with Crippen molar-refractivity contribution in [2.45, 2.75) is 0 Å². The van der Waals surface area contributed by atoms with Crippen LogP contribution in [0.5, 0.6) is 0 Å². The number of nitrogens with one attached hydrogen (secondary N) is 1. The molecular weight excluding hydrogens is 166 g/mol. The maximum absolute atomic E-state index is 10.3. The van der Waals surface area contributed by atoms with Crippen molar-refractivity contribution in [3.05, 3.63) is 16.5 Å². The van der Waals surface area contributed by atoms with Crippen molar-refractivity contribution < 1.29 is 9.90 Å². The number of nitrogens with two attached hydrogens (primary N) is 1. The van der Waals surface area contributed by atoms with Gasteiger partial charge in [-0.3, -0.25) is 0 Å². The smallest absolute Gasteiger partial charge is 0.352 e. The molecule has 0 aliphatic carbocycles. The third-order valence-electron chi connectivity index (χ3n) is 0.995. The van der Waals surface area contributed by atoms with Crippen LogP contribution in [0.3, 0.4) is 0 Å². The third kappa shape index (κ3) is 1.74. The first-order chi connectivity index (χ1) is 5.09.